The Kier molecular flexibility index (Phi) is 5.79. The standard InChI is InChI=1S/C12H16N2O4/c1-18-8-7-14(6-4-11(15)16)12(17)10-3-2-5-13-9-10/h2-3,5,9H,4,6-8H2,1H3,(H,15,16). The van der Waals surface area contributed by atoms with E-state index in [4.69, 9.17) is 9.84 Å². The minimum Gasteiger partial charge on any atom is -0.481 e. The number of ether oxygens (including phenoxy) is 1. The van der Waals surface area contributed by atoms with Crippen LogP contribution < -0.4 is 0 Å². The van der Waals surface area contributed by atoms with Crippen molar-refractivity contribution in [3.05, 3.63) is 30.1 Å². The van der Waals surface area contributed by atoms with E-state index < -0.39 is 5.97 Å². The molecule has 0 aliphatic heterocycles. The maximum absolute atomic E-state index is 12.1. The molecule has 1 N–H and O–H groups in total. The Balaban J connectivity index is 2.69. The zero-order chi connectivity index (χ0) is 13.4. The van der Waals surface area contributed by atoms with Crippen molar-refractivity contribution in [3.63, 3.8) is 0 Å². The number of methoxy groups -OCH3 is 1. The predicted molar refractivity (Wildman–Crippen MR) is 64.3 cm³/mol. The molecular weight excluding hydrogens is 236 g/mol. The van der Waals surface area contributed by atoms with Crippen molar-refractivity contribution in [3.8, 4) is 0 Å². The Morgan fingerprint density at radius 2 is 2.22 bits per heavy atom. The molecule has 1 heterocycles. The fourth-order valence-electron chi connectivity index (χ4n) is 1.42. The molecule has 1 aromatic heterocycles. The second kappa shape index (κ2) is 7.39. The van der Waals surface area contributed by atoms with E-state index in [2.05, 4.69) is 4.98 Å². The van der Waals surface area contributed by atoms with Crippen LogP contribution in [0.15, 0.2) is 24.5 Å². The largest absolute Gasteiger partial charge is 0.481 e. The van der Waals surface area contributed by atoms with Crippen molar-refractivity contribution in [2.45, 2.75) is 6.42 Å². The lowest BCUT2D eigenvalue weighted by molar-refractivity contribution is -0.137. The summed E-state index contributed by atoms with van der Waals surface area (Å²) in [5.74, 6) is -1.17. The van der Waals surface area contributed by atoms with E-state index in [9.17, 15) is 9.59 Å². The van der Waals surface area contributed by atoms with E-state index in [-0.39, 0.29) is 18.9 Å². The molecule has 0 atom stereocenters. The van der Waals surface area contributed by atoms with E-state index in [0.717, 1.165) is 0 Å². The molecule has 0 saturated carbocycles. The lowest BCUT2D eigenvalue weighted by Crippen LogP contribution is -2.35. The monoisotopic (exact) mass is 252 g/mol. The predicted octanol–water partition coefficient (Wildman–Crippen LogP) is 0.645. The lowest BCUT2D eigenvalue weighted by Gasteiger charge is -2.21. The smallest absolute Gasteiger partial charge is 0.305 e. The quantitative estimate of drug-likeness (QED) is 0.770. The van der Waals surface area contributed by atoms with Crippen LogP contribution in [0.1, 0.15) is 16.8 Å². The summed E-state index contributed by atoms with van der Waals surface area (Å²) in [6.45, 7) is 0.884. The number of carbonyl (C=O) groups is 2. The Morgan fingerprint density at radius 3 is 2.78 bits per heavy atom. The first kappa shape index (κ1) is 14.1. The van der Waals surface area contributed by atoms with Crippen LogP contribution >= 0.6 is 0 Å². The van der Waals surface area contributed by atoms with Crippen molar-refractivity contribution in [1.82, 2.24) is 9.88 Å². The van der Waals surface area contributed by atoms with Crippen LogP contribution in [0.3, 0.4) is 0 Å². The van der Waals surface area contributed by atoms with Gasteiger partial charge in [0, 0.05) is 32.6 Å². The number of hydrogen-bond donors (Lipinski definition) is 1. The molecule has 0 spiro atoms. The summed E-state index contributed by atoms with van der Waals surface area (Å²) >= 11 is 0. The van der Waals surface area contributed by atoms with Crippen LogP contribution in [-0.4, -0.2) is 53.7 Å². The number of hydrogen-bond acceptors (Lipinski definition) is 4. The first-order chi connectivity index (χ1) is 8.65. The summed E-state index contributed by atoms with van der Waals surface area (Å²) in [6.07, 6.45) is 2.95. The number of carbonyl (C=O) groups excluding carboxylic acids is 1. The Labute approximate surface area is 105 Å². The van der Waals surface area contributed by atoms with Gasteiger partial charge in [0.2, 0.25) is 0 Å². The third-order valence-corrected chi connectivity index (χ3v) is 2.36. The number of rotatable bonds is 7. The van der Waals surface area contributed by atoms with Gasteiger partial charge in [-0.1, -0.05) is 0 Å². The molecule has 1 amide bonds. The average molecular weight is 252 g/mol. The highest BCUT2D eigenvalue weighted by Crippen LogP contribution is 2.04. The summed E-state index contributed by atoms with van der Waals surface area (Å²) in [6, 6.07) is 3.31. The van der Waals surface area contributed by atoms with Crippen molar-refractivity contribution in [1.29, 1.82) is 0 Å². The summed E-state index contributed by atoms with van der Waals surface area (Å²) in [5.41, 5.74) is 0.444. The molecular formula is C12H16N2O4. The number of carboxylic acid groups (broad SMARTS) is 1. The van der Waals surface area contributed by atoms with Crippen molar-refractivity contribution < 1.29 is 19.4 Å². The van der Waals surface area contributed by atoms with E-state index in [1.54, 1.807) is 18.3 Å². The molecule has 0 aliphatic rings. The molecule has 0 fully saturated rings. The molecule has 1 rings (SSSR count). The van der Waals surface area contributed by atoms with Crippen LogP contribution in [0, 0.1) is 0 Å². The Hall–Kier alpha value is -1.95. The van der Waals surface area contributed by atoms with E-state index in [1.807, 2.05) is 0 Å². The molecule has 0 aliphatic carbocycles. The molecule has 6 heteroatoms. The normalized spacial score (nSPS) is 10.1. The van der Waals surface area contributed by atoms with Gasteiger partial charge in [-0.3, -0.25) is 14.6 Å². The number of pyridine rings is 1. The van der Waals surface area contributed by atoms with Crippen LogP contribution in [0.25, 0.3) is 0 Å². The van der Waals surface area contributed by atoms with Gasteiger partial charge in [-0.15, -0.1) is 0 Å². The fourth-order valence-corrected chi connectivity index (χ4v) is 1.42. The molecule has 98 valence electrons. The minimum atomic E-state index is -0.934. The molecule has 0 radical (unpaired) electrons. The van der Waals surface area contributed by atoms with E-state index in [1.165, 1.54) is 18.2 Å². The SMILES string of the molecule is COCCN(CCC(=O)O)C(=O)c1cccnc1. The van der Waals surface area contributed by atoms with Gasteiger partial charge in [0.15, 0.2) is 0 Å². The van der Waals surface area contributed by atoms with Gasteiger partial charge in [-0.05, 0) is 12.1 Å². The number of carboxylic acids is 1. The lowest BCUT2D eigenvalue weighted by atomic mass is 10.2. The van der Waals surface area contributed by atoms with E-state index in [0.29, 0.717) is 18.7 Å². The molecule has 6 nitrogen and oxygen atoms in total. The Bertz CT molecular complexity index is 394. The summed E-state index contributed by atoms with van der Waals surface area (Å²) < 4.78 is 4.91. The number of aliphatic carboxylic acids is 1. The first-order valence-electron chi connectivity index (χ1n) is 5.55. The third-order valence-electron chi connectivity index (χ3n) is 2.36. The fraction of sp³-hybridized carbons (Fsp3) is 0.417. The van der Waals surface area contributed by atoms with Gasteiger partial charge in [0.05, 0.1) is 18.6 Å². The molecule has 18 heavy (non-hydrogen) atoms. The van der Waals surface area contributed by atoms with E-state index >= 15 is 0 Å². The minimum absolute atomic E-state index is 0.0876. The topological polar surface area (TPSA) is 79.7 Å². The van der Waals surface area contributed by atoms with Gasteiger partial charge in [-0.25, -0.2) is 0 Å². The second-order valence-electron chi connectivity index (χ2n) is 3.67. The molecule has 0 unspecified atom stereocenters. The van der Waals surface area contributed by atoms with Gasteiger partial charge >= 0.3 is 5.97 Å². The molecule has 0 bridgehead atoms. The zero-order valence-corrected chi connectivity index (χ0v) is 10.2. The van der Waals surface area contributed by atoms with Gasteiger partial charge in [-0.2, -0.15) is 0 Å². The highest BCUT2D eigenvalue weighted by atomic mass is 16.5. The number of aromatic nitrogens is 1. The molecule has 0 saturated heterocycles. The van der Waals surface area contributed by atoms with Crippen molar-refractivity contribution >= 4 is 11.9 Å². The van der Waals surface area contributed by atoms with Crippen molar-refractivity contribution in [2.75, 3.05) is 26.8 Å². The summed E-state index contributed by atoms with van der Waals surface area (Å²) in [7, 11) is 1.53. The van der Waals surface area contributed by atoms with Crippen LogP contribution in [-0.2, 0) is 9.53 Å². The van der Waals surface area contributed by atoms with Gasteiger partial charge in [0.1, 0.15) is 0 Å². The molecule has 0 aromatic carbocycles. The first-order valence-corrected chi connectivity index (χ1v) is 5.55. The van der Waals surface area contributed by atoms with Gasteiger partial charge < -0.3 is 14.7 Å². The molecule has 1 aromatic rings. The number of nitrogens with zero attached hydrogens (tertiary/aromatic N) is 2. The van der Waals surface area contributed by atoms with Crippen LogP contribution in [0.2, 0.25) is 0 Å². The summed E-state index contributed by atoms with van der Waals surface area (Å²) in [4.78, 5) is 28.0. The number of amides is 1. The average Bonchev–Trinajstić information content (AvgIpc) is 2.39. The second-order valence-corrected chi connectivity index (χ2v) is 3.67. The van der Waals surface area contributed by atoms with Crippen LogP contribution in [0.4, 0.5) is 0 Å². The third kappa shape index (κ3) is 4.50. The zero-order valence-electron chi connectivity index (χ0n) is 10.2. The highest BCUT2D eigenvalue weighted by molar-refractivity contribution is 5.94. The highest BCUT2D eigenvalue weighted by Gasteiger charge is 2.16. The summed E-state index contributed by atoms with van der Waals surface area (Å²) in [5, 5.41) is 8.66. The maximum Gasteiger partial charge on any atom is 0.305 e. The van der Waals surface area contributed by atoms with Crippen LogP contribution in [0.5, 0.6) is 0 Å². The Morgan fingerprint density at radius 1 is 1.44 bits per heavy atom. The van der Waals surface area contributed by atoms with Crippen molar-refractivity contribution in [2.24, 2.45) is 0 Å². The maximum atomic E-state index is 12.1. The van der Waals surface area contributed by atoms with Gasteiger partial charge in [0.25, 0.3) is 5.91 Å².